The van der Waals surface area contributed by atoms with Crippen molar-refractivity contribution in [1.82, 2.24) is 5.32 Å². The van der Waals surface area contributed by atoms with Gasteiger partial charge in [-0.15, -0.1) is 0 Å². The van der Waals surface area contributed by atoms with Gasteiger partial charge in [0.2, 0.25) is 0 Å². The number of aliphatic hydroxyl groups is 1. The first-order valence-corrected chi connectivity index (χ1v) is 8.33. The average molecular weight is 346 g/mol. The molecule has 2 aromatic rings. The molecule has 0 saturated carbocycles. The predicted molar refractivity (Wildman–Crippen MR) is 88.9 cm³/mol. The summed E-state index contributed by atoms with van der Waals surface area (Å²) in [5.74, 6) is 0.415. The van der Waals surface area contributed by atoms with E-state index < -0.39 is 6.10 Å². The van der Waals surface area contributed by atoms with Gasteiger partial charge >= 0.3 is 0 Å². The van der Waals surface area contributed by atoms with Crippen molar-refractivity contribution in [3.63, 3.8) is 0 Å². The lowest BCUT2D eigenvalue weighted by Crippen LogP contribution is -2.32. The Bertz CT molecular complexity index is 528. The number of para-hydroxylation sites is 1. The van der Waals surface area contributed by atoms with Gasteiger partial charge in [0.15, 0.2) is 5.75 Å². The summed E-state index contributed by atoms with van der Waals surface area (Å²) >= 11 is 13.7. The Morgan fingerprint density at radius 1 is 1.24 bits per heavy atom. The number of hydrogen-bond acceptors (Lipinski definition) is 4. The zero-order chi connectivity index (χ0) is 15.1. The van der Waals surface area contributed by atoms with Crippen LogP contribution < -0.4 is 10.1 Å². The van der Waals surface area contributed by atoms with Crippen LogP contribution in [0.2, 0.25) is 10.0 Å². The molecule has 1 unspecified atom stereocenters. The monoisotopic (exact) mass is 345 g/mol. The van der Waals surface area contributed by atoms with Crippen LogP contribution in [-0.2, 0) is 6.42 Å². The Hall–Kier alpha value is -0.780. The van der Waals surface area contributed by atoms with Crippen LogP contribution in [0.5, 0.6) is 5.75 Å². The van der Waals surface area contributed by atoms with Gasteiger partial charge in [0.1, 0.15) is 12.7 Å². The first kappa shape index (κ1) is 16.6. The van der Waals surface area contributed by atoms with Crippen LogP contribution >= 0.6 is 34.5 Å². The summed E-state index contributed by atoms with van der Waals surface area (Å²) in [6.45, 7) is 1.43. The van der Waals surface area contributed by atoms with Crippen molar-refractivity contribution in [3.8, 4) is 5.75 Å². The molecule has 0 aliphatic carbocycles. The molecule has 0 amide bonds. The minimum absolute atomic E-state index is 0.148. The Morgan fingerprint density at radius 2 is 2.00 bits per heavy atom. The SMILES string of the molecule is OC(CNCCc1ccsc1)COc1c(Cl)cccc1Cl. The number of nitrogens with one attached hydrogen (secondary N) is 1. The summed E-state index contributed by atoms with van der Waals surface area (Å²) in [6, 6.07) is 7.26. The van der Waals surface area contributed by atoms with Gasteiger partial charge in [-0.2, -0.15) is 11.3 Å². The number of ether oxygens (including phenoxy) is 1. The van der Waals surface area contributed by atoms with Crippen molar-refractivity contribution >= 4 is 34.5 Å². The van der Waals surface area contributed by atoms with E-state index in [4.69, 9.17) is 27.9 Å². The fraction of sp³-hybridized carbons (Fsp3) is 0.333. The molecule has 114 valence electrons. The molecule has 0 radical (unpaired) electrons. The third-order valence-corrected chi connectivity index (χ3v) is 4.22. The maximum atomic E-state index is 9.88. The summed E-state index contributed by atoms with van der Waals surface area (Å²) in [4.78, 5) is 0. The van der Waals surface area contributed by atoms with Crippen molar-refractivity contribution in [1.29, 1.82) is 0 Å². The quantitative estimate of drug-likeness (QED) is 0.718. The summed E-state index contributed by atoms with van der Waals surface area (Å²) in [6.07, 6.45) is 0.341. The number of aliphatic hydroxyl groups excluding tert-OH is 1. The van der Waals surface area contributed by atoms with Gasteiger partial charge < -0.3 is 15.2 Å². The Balaban J connectivity index is 1.66. The normalized spacial score (nSPS) is 12.3. The minimum Gasteiger partial charge on any atom is -0.488 e. The van der Waals surface area contributed by atoms with E-state index in [9.17, 15) is 5.11 Å². The van der Waals surface area contributed by atoms with Gasteiger partial charge in [-0.3, -0.25) is 0 Å². The molecule has 1 aromatic heterocycles. The average Bonchev–Trinajstić information content (AvgIpc) is 2.96. The molecule has 0 aliphatic heterocycles. The van der Waals surface area contributed by atoms with E-state index in [0.29, 0.717) is 22.3 Å². The summed E-state index contributed by atoms with van der Waals surface area (Å²) in [7, 11) is 0. The van der Waals surface area contributed by atoms with Gasteiger partial charge in [-0.05, 0) is 47.5 Å². The third-order valence-electron chi connectivity index (χ3n) is 2.89. The number of halogens is 2. The second-order valence-electron chi connectivity index (χ2n) is 4.60. The molecule has 0 spiro atoms. The topological polar surface area (TPSA) is 41.5 Å². The van der Waals surface area contributed by atoms with Gasteiger partial charge in [0.25, 0.3) is 0 Å². The van der Waals surface area contributed by atoms with Crippen LogP contribution in [0.15, 0.2) is 35.0 Å². The van der Waals surface area contributed by atoms with E-state index in [0.717, 1.165) is 13.0 Å². The molecule has 1 atom stereocenters. The molecule has 21 heavy (non-hydrogen) atoms. The highest BCUT2D eigenvalue weighted by Crippen LogP contribution is 2.32. The molecule has 1 aromatic carbocycles. The molecular weight excluding hydrogens is 329 g/mol. The fourth-order valence-electron chi connectivity index (χ4n) is 1.80. The summed E-state index contributed by atoms with van der Waals surface area (Å²) in [5.41, 5.74) is 1.31. The fourth-order valence-corrected chi connectivity index (χ4v) is 3.00. The maximum Gasteiger partial charge on any atom is 0.156 e. The first-order chi connectivity index (χ1) is 10.2. The maximum absolute atomic E-state index is 9.88. The van der Waals surface area contributed by atoms with E-state index in [2.05, 4.69) is 22.1 Å². The van der Waals surface area contributed by atoms with E-state index in [1.54, 1.807) is 29.5 Å². The molecule has 3 nitrogen and oxygen atoms in total. The third kappa shape index (κ3) is 5.49. The van der Waals surface area contributed by atoms with Crippen molar-refractivity contribution in [2.75, 3.05) is 19.7 Å². The van der Waals surface area contributed by atoms with E-state index >= 15 is 0 Å². The van der Waals surface area contributed by atoms with Crippen molar-refractivity contribution in [3.05, 3.63) is 50.6 Å². The second-order valence-corrected chi connectivity index (χ2v) is 6.20. The highest BCUT2D eigenvalue weighted by molar-refractivity contribution is 7.07. The molecular formula is C15H17Cl2NO2S. The van der Waals surface area contributed by atoms with Crippen LogP contribution in [-0.4, -0.2) is 30.9 Å². The number of benzene rings is 1. The molecule has 1 heterocycles. The second kappa shape index (κ2) is 8.61. The van der Waals surface area contributed by atoms with E-state index in [-0.39, 0.29) is 6.61 Å². The van der Waals surface area contributed by atoms with Gasteiger partial charge in [0.05, 0.1) is 10.0 Å². The standard InChI is InChI=1S/C15H17Cl2NO2S/c16-13-2-1-3-14(17)15(13)20-9-12(19)8-18-6-4-11-5-7-21-10-11/h1-3,5,7,10,12,18-19H,4,6,8-9H2. The lowest BCUT2D eigenvalue weighted by Gasteiger charge is -2.14. The number of hydrogen-bond donors (Lipinski definition) is 2. The molecule has 2 N–H and O–H groups in total. The van der Waals surface area contributed by atoms with Crippen molar-refractivity contribution < 1.29 is 9.84 Å². The number of thiophene rings is 1. The van der Waals surface area contributed by atoms with Gasteiger partial charge in [0, 0.05) is 6.54 Å². The zero-order valence-corrected chi connectivity index (χ0v) is 13.7. The van der Waals surface area contributed by atoms with Crippen molar-refractivity contribution in [2.45, 2.75) is 12.5 Å². The lowest BCUT2D eigenvalue weighted by molar-refractivity contribution is 0.107. The molecule has 2 rings (SSSR count). The molecule has 0 aliphatic rings. The summed E-state index contributed by atoms with van der Waals surface area (Å²) < 4.78 is 5.48. The molecule has 0 saturated heterocycles. The van der Waals surface area contributed by atoms with Crippen LogP contribution in [0.1, 0.15) is 5.56 Å². The lowest BCUT2D eigenvalue weighted by atomic mass is 10.2. The minimum atomic E-state index is -0.611. The highest BCUT2D eigenvalue weighted by atomic mass is 35.5. The molecule has 0 bridgehead atoms. The molecule has 6 heteroatoms. The predicted octanol–water partition coefficient (Wildman–Crippen LogP) is 3.63. The number of rotatable bonds is 8. The van der Waals surface area contributed by atoms with E-state index in [1.165, 1.54) is 5.56 Å². The zero-order valence-electron chi connectivity index (χ0n) is 11.4. The van der Waals surface area contributed by atoms with Gasteiger partial charge in [-0.1, -0.05) is 29.3 Å². The van der Waals surface area contributed by atoms with Crippen LogP contribution in [0, 0.1) is 0 Å². The van der Waals surface area contributed by atoms with Crippen molar-refractivity contribution in [2.24, 2.45) is 0 Å². The highest BCUT2D eigenvalue weighted by Gasteiger charge is 2.10. The first-order valence-electron chi connectivity index (χ1n) is 6.63. The Labute approximate surface area is 138 Å². The molecule has 0 fully saturated rings. The van der Waals surface area contributed by atoms with Crippen LogP contribution in [0.4, 0.5) is 0 Å². The van der Waals surface area contributed by atoms with Gasteiger partial charge in [-0.25, -0.2) is 0 Å². The van der Waals surface area contributed by atoms with Crippen LogP contribution in [0.25, 0.3) is 0 Å². The Morgan fingerprint density at radius 3 is 2.67 bits per heavy atom. The Kier molecular flexibility index (Phi) is 6.80. The largest absolute Gasteiger partial charge is 0.488 e. The smallest absolute Gasteiger partial charge is 0.156 e. The van der Waals surface area contributed by atoms with E-state index in [1.807, 2.05) is 0 Å². The van der Waals surface area contributed by atoms with Crippen LogP contribution in [0.3, 0.4) is 0 Å². The summed E-state index contributed by atoms with van der Waals surface area (Å²) in [5, 5.41) is 18.2.